The van der Waals surface area contributed by atoms with Crippen molar-refractivity contribution in [3.8, 4) is 0 Å². The standard InChI is InChI=1S/C13H16N4O2S/c1-9-3-4-10(19-9)7-17(2)11(18)8-20-13-12(14)15-5-6-16-13/h3-6H,7-8H2,1-2H3,(H2,14,15). The zero-order chi connectivity index (χ0) is 14.5. The number of carbonyl (C=O) groups is 1. The number of furan rings is 1. The fourth-order valence-electron chi connectivity index (χ4n) is 1.58. The van der Waals surface area contributed by atoms with Gasteiger partial charge in [0.2, 0.25) is 5.91 Å². The molecule has 2 N–H and O–H groups in total. The van der Waals surface area contributed by atoms with E-state index in [9.17, 15) is 4.79 Å². The Morgan fingerprint density at radius 3 is 2.80 bits per heavy atom. The van der Waals surface area contributed by atoms with Crippen molar-refractivity contribution in [2.45, 2.75) is 18.5 Å². The number of amides is 1. The molecule has 2 rings (SSSR count). The van der Waals surface area contributed by atoms with Gasteiger partial charge >= 0.3 is 0 Å². The largest absolute Gasteiger partial charge is 0.464 e. The van der Waals surface area contributed by atoms with Crippen molar-refractivity contribution in [2.75, 3.05) is 18.5 Å². The number of anilines is 1. The quantitative estimate of drug-likeness (QED) is 0.844. The molecule has 1 amide bonds. The summed E-state index contributed by atoms with van der Waals surface area (Å²) in [5.41, 5.74) is 5.67. The summed E-state index contributed by atoms with van der Waals surface area (Å²) >= 11 is 1.28. The van der Waals surface area contributed by atoms with Crippen molar-refractivity contribution in [1.82, 2.24) is 14.9 Å². The molecule has 0 aliphatic rings. The van der Waals surface area contributed by atoms with Gasteiger partial charge < -0.3 is 15.1 Å². The van der Waals surface area contributed by atoms with Gasteiger partial charge in [0.05, 0.1) is 12.3 Å². The van der Waals surface area contributed by atoms with Crippen LogP contribution in [0.15, 0.2) is 34.0 Å². The average molecular weight is 292 g/mol. The number of carbonyl (C=O) groups excluding carboxylic acids is 1. The summed E-state index contributed by atoms with van der Waals surface area (Å²) in [5.74, 6) is 2.19. The topological polar surface area (TPSA) is 85.2 Å². The molecule has 0 aliphatic heterocycles. The maximum absolute atomic E-state index is 12.0. The van der Waals surface area contributed by atoms with E-state index < -0.39 is 0 Å². The van der Waals surface area contributed by atoms with Crippen molar-refractivity contribution in [3.05, 3.63) is 36.0 Å². The van der Waals surface area contributed by atoms with Gasteiger partial charge in [0, 0.05) is 19.4 Å². The first-order valence-electron chi connectivity index (χ1n) is 6.05. The van der Waals surface area contributed by atoms with E-state index in [0.717, 1.165) is 11.5 Å². The first kappa shape index (κ1) is 14.4. The maximum atomic E-state index is 12.0. The van der Waals surface area contributed by atoms with Gasteiger partial charge in [-0.3, -0.25) is 4.79 Å². The first-order valence-corrected chi connectivity index (χ1v) is 7.03. The predicted molar refractivity (Wildman–Crippen MR) is 77.1 cm³/mol. The smallest absolute Gasteiger partial charge is 0.233 e. The van der Waals surface area contributed by atoms with Crippen LogP contribution in [0.4, 0.5) is 5.82 Å². The second kappa shape index (κ2) is 6.42. The highest BCUT2D eigenvalue weighted by atomic mass is 32.2. The summed E-state index contributed by atoms with van der Waals surface area (Å²) in [7, 11) is 1.74. The van der Waals surface area contributed by atoms with Crippen LogP contribution in [0.2, 0.25) is 0 Å². The Morgan fingerprint density at radius 2 is 2.15 bits per heavy atom. The summed E-state index contributed by atoms with van der Waals surface area (Å²) in [6.45, 7) is 2.32. The Hall–Kier alpha value is -2.02. The van der Waals surface area contributed by atoms with Crippen LogP contribution in [-0.2, 0) is 11.3 Å². The van der Waals surface area contributed by atoms with E-state index in [1.54, 1.807) is 18.1 Å². The molecule has 0 saturated heterocycles. The van der Waals surface area contributed by atoms with Crippen LogP contribution in [0.5, 0.6) is 0 Å². The normalized spacial score (nSPS) is 10.5. The van der Waals surface area contributed by atoms with E-state index in [2.05, 4.69) is 9.97 Å². The molecule has 0 atom stereocenters. The molecule has 2 heterocycles. The van der Waals surface area contributed by atoms with Gasteiger partial charge in [0.15, 0.2) is 5.82 Å². The fourth-order valence-corrected chi connectivity index (χ4v) is 2.40. The molecule has 0 aliphatic carbocycles. The minimum absolute atomic E-state index is 0.0193. The Kier molecular flexibility index (Phi) is 4.62. The molecular weight excluding hydrogens is 276 g/mol. The molecular formula is C13H16N4O2S. The van der Waals surface area contributed by atoms with Crippen LogP contribution in [0.25, 0.3) is 0 Å². The number of nitrogens with zero attached hydrogens (tertiary/aromatic N) is 3. The van der Waals surface area contributed by atoms with E-state index in [0.29, 0.717) is 17.4 Å². The Labute approximate surface area is 121 Å². The minimum Gasteiger partial charge on any atom is -0.464 e. The number of rotatable bonds is 5. The molecule has 0 aromatic carbocycles. The lowest BCUT2D eigenvalue weighted by Gasteiger charge is -2.15. The molecule has 0 radical (unpaired) electrons. The van der Waals surface area contributed by atoms with Crippen LogP contribution in [0.1, 0.15) is 11.5 Å². The molecule has 20 heavy (non-hydrogen) atoms. The number of aryl methyl sites for hydroxylation is 1. The van der Waals surface area contributed by atoms with Crippen molar-refractivity contribution in [1.29, 1.82) is 0 Å². The van der Waals surface area contributed by atoms with Gasteiger partial charge in [-0.1, -0.05) is 11.8 Å². The van der Waals surface area contributed by atoms with Crippen molar-refractivity contribution < 1.29 is 9.21 Å². The van der Waals surface area contributed by atoms with Gasteiger partial charge in [0.1, 0.15) is 16.5 Å². The van der Waals surface area contributed by atoms with Gasteiger partial charge in [-0.05, 0) is 19.1 Å². The lowest BCUT2D eigenvalue weighted by Crippen LogP contribution is -2.27. The zero-order valence-electron chi connectivity index (χ0n) is 11.4. The second-order valence-electron chi connectivity index (χ2n) is 4.30. The lowest BCUT2D eigenvalue weighted by molar-refractivity contribution is -0.127. The van der Waals surface area contributed by atoms with Crippen LogP contribution >= 0.6 is 11.8 Å². The third-order valence-electron chi connectivity index (χ3n) is 2.64. The summed E-state index contributed by atoms with van der Waals surface area (Å²) in [4.78, 5) is 21.6. The highest BCUT2D eigenvalue weighted by Crippen LogP contribution is 2.20. The number of hydrogen-bond donors (Lipinski definition) is 1. The number of hydrogen-bond acceptors (Lipinski definition) is 6. The van der Waals surface area contributed by atoms with Crippen LogP contribution in [0, 0.1) is 6.92 Å². The molecule has 7 heteroatoms. The van der Waals surface area contributed by atoms with Crippen LogP contribution in [-0.4, -0.2) is 33.6 Å². The average Bonchev–Trinajstić information content (AvgIpc) is 2.82. The maximum Gasteiger partial charge on any atom is 0.233 e. The molecule has 2 aromatic heterocycles. The highest BCUT2D eigenvalue weighted by molar-refractivity contribution is 8.00. The van der Waals surface area contributed by atoms with E-state index >= 15 is 0 Å². The minimum atomic E-state index is -0.0193. The molecule has 0 fully saturated rings. The Bertz CT molecular complexity index is 600. The molecule has 2 aromatic rings. The third-order valence-corrected chi connectivity index (χ3v) is 3.62. The van der Waals surface area contributed by atoms with Gasteiger partial charge in [0.25, 0.3) is 0 Å². The number of thioether (sulfide) groups is 1. The monoisotopic (exact) mass is 292 g/mol. The first-order chi connectivity index (χ1) is 9.56. The van der Waals surface area contributed by atoms with Crippen molar-refractivity contribution >= 4 is 23.5 Å². The fraction of sp³-hybridized carbons (Fsp3) is 0.308. The van der Waals surface area contributed by atoms with Crippen molar-refractivity contribution in [2.24, 2.45) is 0 Å². The lowest BCUT2D eigenvalue weighted by atomic mass is 10.4. The molecule has 0 saturated carbocycles. The summed E-state index contributed by atoms with van der Waals surface area (Å²) in [5, 5.41) is 0.572. The van der Waals surface area contributed by atoms with E-state index in [4.69, 9.17) is 10.2 Å². The molecule has 0 bridgehead atoms. The van der Waals surface area contributed by atoms with Crippen LogP contribution < -0.4 is 5.73 Å². The van der Waals surface area contributed by atoms with E-state index in [1.807, 2.05) is 19.1 Å². The summed E-state index contributed by atoms with van der Waals surface area (Å²) in [6.07, 6.45) is 3.07. The number of nitrogen functional groups attached to an aromatic ring is 1. The van der Waals surface area contributed by atoms with Crippen LogP contribution in [0.3, 0.4) is 0 Å². The number of nitrogens with two attached hydrogens (primary N) is 1. The molecule has 0 spiro atoms. The summed E-state index contributed by atoms with van der Waals surface area (Å²) in [6, 6.07) is 3.75. The highest BCUT2D eigenvalue weighted by Gasteiger charge is 2.13. The van der Waals surface area contributed by atoms with Gasteiger partial charge in [-0.2, -0.15) is 0 Å². The number of aromatic nitrogens is 2. The third kappa shape index (κ3) is 3.74. The van der Waals surface area contributed by atoms with E-state index in [-0.39, 0.29) is 11.7 Å². The van der Waals surface area contributed by atoms with Gasteiger partial charge in [-0.15, -0.1) is 0 Å². The predicted octanol–water partition coefficient (Wildman–Crippen LogP) is 1.71. The molecule has 0 unspecified atom stereocenters. The Morgan fingerprint density at radius 1 is 1.40 bits per heavy atom. The second-order valence-corrected chi connectivity index (χ2v) is 5.26. The summed E-state index contributed by atoms with van der Waals surface area (Å²) < 4.78 is 5.44. The SMILES string of the molecule is Cc1ccc(CN(C)C(=O)CSc2nccnc2N)o1. The van der Waals surface area contributed by atoms with Gasteiger partial charge in [-0.25, -0.2) is 9.97 Å². The zero-order valence-corrected chi connectivity index (χ0v) is 12.2. The molecule has 106 valence electrons. The Balaban J connectivity index is 1.87. The van der Waals surface area contributed by atoms with E-state index in [1.165, 1.54) is 18.0 Å². The van der Waals surface area contributed by atoms with Crippen molar-refractivity contribution in [3.63, 3.8) is 0 Å². The molecule has 6 nitrogen and oxygen atoms in total.